The molecule has 1 amide bonds. The van der Waals surface area contributed by atoms with Gasteiger partial charge in [-0.25, -0.2) is 0 Å². The van der Waals surface area contributed by atoms with Gasteiger partial charge in [-0.15, -0.1) is 0 Å². The molecule has 0 aliphatic carbocycles. The highest BCUT2D eigenvalue weighted by Crippen LogP contribution is 2.19. The molecule has 2 radical (unpaired) electrons. The summed E-state index contributed by atoms with van der Waals surface area (Å²) in [7, 11) is 5.67. The van der Waals surface area contributed by atoms with Crippen LogP contribution >= 0.6 is 12.2 Å². The molecule has 0 bridgehead atoms. The minimum atomic E-state index is -0.383. The van der Waals surface area contributed by atoms with E-state index in [2.05, 4.69) is 10.6 Å². The summed E-state index contributed by atoms with van der Waals surface area (Å²) in [6, 6.07) is 5.41. The number of carbonyl (C=O) groups excluding carboxylic acids is 1. The van der Waals surface area contributed by atoms with Gasteiger partial charge in [-0.05, 0) is 6.07 Å². The predicted molar refractivity (Wildman–Crippen MR) is 67.9 cm³/mol. The summed E-state index contributed by atoms with van der Waals surface area (Å²) in [5.74, 6) is -0.383. The number of anilines is 1. The average molecular weight is 231 g/mol. The van der Waals surface area contributed by atoms with Gasteiger partial charge in [-0.3, -0.25) is 4.79 Å². The van der Waals surface area contributed by atoms with Crippen molar-refractivity contribution in [2.75, 3.05) is 5.32 Å². The maximum Gasteiger partial charge on any atom is 0.221 e. The minimum absolute atomic E-state index is 0.184. The molecular formula is C10H10BN3OS. The lowest BCUT2D eigenvalue weighted by Gasteiger charge is -2.29. The zero-order valence-electron chi connectivity index (χ0n) is 8.49. The van der Waals surface area contributed by atoms with Gasteiger partial charge in [0.15, 0.2) is 0 Å². The summed E-state index contributed by atoms with van der Waals surface area (Å²) in [5.41, 5.74) is 7.49. The summed E-state index contributed by atoms with van der Waals surface area (Å²) >= 11 is 5.19. The van der Waals surface area contributed by atoms with Crippen LogP contribution in [0.5, 0.6) is 0 Å². The highest BCUT2D eigenvalue weighted by Gasteiger charge is 2.21. The van der Waals surface area contributed by atoms with Crippen LogP contribution in [0.1, 0.15) is 12.0 Å². The van der Waals surface area contributed by atoms with Gasteiger partial charge in [0, 0.05) is 11.3 Å². The summed E-state index contributed by atoms with van der Waals surface area (Å²) in [4.78, 5) is 11.4. The molecule has 4 nitrogen and oxygen atoms in total. The van der Waals surface area contributed by atoms with Gasteiger partial charge < -0.3 is 16.4 Å². The Bertz CT molecular complexity index is 463. The summed E-state index contributed by atoms with van der Waals surface area (Å²) in [6.07, 6.45) is -0.0645. The Morgan fingerprint density at radius 1 is 1.50 bits per heavy atom. The molecule has 16 heavy (non-hydrogen) atoms. The second-order valence-corrected chi connectivity index (χ2v) is 4.05. The van der Waals surface area contributed by atoms with Crippen molar-refractivity contribution in [3.8, 4) is 0 Å². The summed E-state index contributed by atoms with van der Waals surface area (Å²) in [6.45, 7) is 0. The molecule has 0 spiro atoms. The first kappa shape index (κ1) is 10.9. The molecule has 1 heterocycles. The Morgan fingerprint density at radius 2 is 2.25 bits per heavy atom. The second kappa shape index (κ2) is 4.13. The van der Waals surface area contributed by atoms with Crippen molar-refractivity contribution in [2.45, 2.75) is 12.6 Å². The van der Waals surface area contributed by atoms with Crippen LogP contribution in [0.2, 0.25) is 0 Å². The molecule has 1 aromatic carbocycles. The first-order chi connectivity index (χ1) is 7.56. The minimum Gasteiger partial charge on any atom is -0.370 e. The Labute approximate surface area is 100.0 Å². The molecule has 6 heteroatoms. The van der Waals surface area contributed by atoms with Crippen molar-refractivity contribution in [1.29, 1.82) is 0 Å². The number of primary amides is 1. The molecular weight excluding hydrogens is 221 g/mol. The fraction of sp³-hybridized carbons (Fsp3) is 0.200. The number of nitrogens with two attached hydrogens (primary N) is 1. The highest BCUT2D eigenvalue weighted by atomic mass is 32.1. The van der Waals surface area contributed by atoms with Crippen LogP contribution in [0, 0.1) is 0 Å². The highest BCUT2D eigenvalue weighted by molar-refractivity contribution is 7.80. The molecule has 1 atom stereocenters. The van der Waals surface area contributed by atoms with Crippen molar-refractivity contribution in [1.82, 2.24) is 5.32 Å². The number of benzene rings is 1. The van der Waals surface area contributed by atoms with E-state index >= 15 is 0 Å². The van der Waals surface area contributed by atoms with Gasteiger partial charge in [0.05, 0.1) is 6.42 Å². The largest absolute Gasteiger partial charge is 0.370 e. The number of amides is 1. The number of thiocarbonyl (C=S) groups is 1. The molecule has 1 unspecified atom stereocenters. The van der Waals surface area contributed by atoms with E-state index in [0.717, 1.165) is 11.3 Å². The van der Waals surface area contributed by atoms with Crippen LogP contribution < -0.4 is 21.8 Å². The smallest absolute Gasteiger partial charge is 0.221 e. The van der Waals surface area contributed by atoms with Crippen LogP contribution in [0.25, 0.3) is 0 Å². The number of hydrogen-bond donors (Lipinski definition) is 3. The van der Waals surface area contributed by atoms with Crippen molar-refractivity contribution >= 4 is 42.1 Å². The van der Waals surface area contributed by atoms with Gasteiger partial charge in [0.1, 0.15) is 19.0 Å². The molecule has 80 valence electrons. The average Bonchev–Trinajstić information content (AvgIpc) is 2.18. The quantitative estimate of drug-likeness (QED) is 0.468. The summed E-state index contributed by atoms with van der Waals surface area (Å²) < 4.78 is 0. The van der Waals surface area contributed by atoms with E-state index in [1.165, 1.54) is 0 Å². The van der Waals surface area contributed by atoms with E-state index in [0.29, 0.717) is 10.5 Å². The fourth-order valence-corrected chi connectivity index (χ4v) is 1.95. The van der Waals surface area contributed by atoms with Crippen LogP contribution in [-0.4, -0.2) is 24.9 Å². The number of rotatable bonds is 2. The molecule has 0 saturated heterocycles. The van der Waals surface area contributed by atoms with Gasteiger partial charge >= 0.3 is 0 Å². The van der Waals surface area contributed by atoms with Crippen LogP contribution in [0.15, 0.2) is 18.2 Å². The predicted octanol–water partition coefficient (Wildman–Crippen LogP) is -0.628. The zero-order chi connectivity index (χ0) is 11.7. The Morgan fingerprint density at radius 3 is 2.94 bits per heavy atom. The SMILES string of the molecule is [B]c1ccc2c(c1)C(=S)NC(CC(N)=O)N2. The topological polar surface area (TPSA) is 67.1 Å². The van der Waals surface area contributed by atoms with E-state index in [1.54, 1.807) is 12.1 Å². The molecule has 0 fully saturated rings. The monoisotopic (exact) mass is 231 g/mol. The third-order valence-electron chi connectivity index (χ3n) is 2.33. The molecule has 2 rings (SSSR count). The fourth-order valence-electron chi connectivity index (χ4n) is 1.64. The number of carbonyl (C=O) groups is 1. The lowest BCUT2D eigenvalue weighted by atomic mass is 9.93. The van der Waals surface area contributed by atoms with Crippen molar-refractivity contribution in [2.24, 2.45) is 5.73 Å². The van der Waals surface area contributed by atoms with Gasteiger partial charge in [0.25, 0.3) is 0 Å². The molecule has 4 N–H and O–H groups in total. The molecule has 1 aliphatic heterocycles. The Kier molecular flexibility index (Phi) is 2.83. The maximum absolute atomic E-state index is 10.8. The van der Waals surface area contributed by atoms with E-state index < -0.39 is 0 Å². The van der Waals surface area contributed by atoms with Gasteiger partial charge in [-0.2, -0.15) is 0 Å². The van der Waals surface area contributed by atoms with Gasteiger partial charge in [-0.1, -0.05) is 29.8 Å². The third-order valence-corrected chi connectivity index (χ3v) is 2.67. The number of hydrogen-bond acceptors (Lipinski definition) is 3. The van der Waals surface area contributed by atoms with Crippen LogP contribution in [0.4, 0.5) is 5.69 Å². The van der Waals surface area contributed by atoms with E-state index in [1.807, 2.05) is 6.07 Å². The van der Waals surface area contributed by atoms with Crippen LogP contribution in [0.3, 0.4) is 0 Å². The molecule has 1 aromatic rings. The lowest BCUT2D eigenvalue weighted by molar-refractivity contribution is -0.118. The number of nitrogens with one attached hydrogen (secondary N) is 2. The van der Waals surface area contributed by atoms with Crippen molar-refractivity contribution in [3.63, 3.8) is 0 Å². The van der Waals surface area contributed by atoms with E-state index in [-0.39, 0.29) is 18.5 Å². The van der Waals surface area contributed by atoms with Gasteiger partial charge in [0.2, 0.25) is 5.91 Å². The summed E-state index contributed by atoms with van der Waals surface area (Å²) in [5, 5.41) is 6.13. The van der Waals surface area contributed by atoms with Crippen molar-refractivity contribution in [3.05, 3.63) is 23.8 Å². The van der Waals surface area contributed by atoms with E-state index in [4.69, 9.17) is 25.8 Å². The standard InChI is InChI=1S/C10H10BN3OS/c11-5-1-2-7-6(3-5)10(16)14-9(13-7)4-8(12)15/h1-3,9,13H,4H2,(H2,12,15)(H,14,16). The maximum atomic E-state index is 10.8. The van der Waals surface area contributed by atoms with Crippen LogP contribution in [-0.2, 0) is 4.79 Å². The molecule has 0 aromatic heterocycles. The molecule has 1 aliphatic rings. The van der Waals surface area contributed by atoms with E-state index in [9.17, 15) is 4.79 Å². The van der Waals surface area contributed by atoms with Crippen molar-refractivity contribution < 1.29 is 4.79 Å². The first-order valence-electron chi connectivity index (χ1n) is 4.81. The molecule has 0 saturated carbocycles. The normalized spacial score (nSPS) is 18.2. The number of fused-ring (bicyclic) bond motifs is 1. The first-order valence-corrected chi connectivity index (χ1v) is 5.22. The lowest BCUT2D eigenvalue weighted by Crippen LogP contribution is -2.46. The Hall–Kier alpha value is -1.56. The third kappa shape index (κ3) is 2.16. The second-order valence-electron chi connectivity index (χ2n) is 3.65. The zero-order valence-corrected chi connectivity index (χ0v) is 9.30. The Balaban J connectivity index is 2.26.